The van der Waals surface area contributed by atoms with Crippen LogP contribution in [0.1, 0.15) is 42.1 Å². The van der Waals surface area contributed by atoms with Gasteiger partial charge in [-0.2, -0.15) is 4.31 Å². The summed E-state index contributed by atoms with van der Waals surface area (Å²) in [6, 6.07) is 11.5. The number of rotatable bonds is 7. The van der Waals surface area contributed by atoms with Gasteiger partial charge in [-0.3, -0.25) is 4.79 Å². The van der Waals surface area contributed by atoms with Crippen LogP contribution in [-0.4, -0.2) is 45.4 Å². The highest BCUT2D eigenvalue weighted by Gasteiger charge is 2.30. The second-order valence-electron chi connectivity index (χ2n) is 7.39. The third kappa shape index (κ3) is 4.94. The summed E-state index contributed by atoms with van der Waals surface area (Å²) < 4.78 is 37.9. The van der Waals surface area contributed by atoms with Crippen LogP contribution < -0.4 is 14.8 Å². The van der Waals surface area contributed by atoms with Crippen LogP contribution in [0.5, 0.6) is 11.5 Å². The largest absolute Gasteiger partial charge is 0.497 e. The van der Waals surface area contributed by atoms with Crippen molar-refractivity contribution >= 4 is 15.9 Å². The number of hydrogen-bond donors (Lipinski definition) is 1. The molecule has 2 aromatic rings. The monoisotopic (exact) mass is 432 g/mol. The first-order chi connectivity index (χ1) is 14.3. The third-order valence-corrected chi connectivity index (χ3v) is 7.36. The topological polar surface area (TPSA) is 84.9 Å². The van der Waals surface area contributed by atoms with Crippen LogP contribution in [0.2, 0.25) is 0 Å². The summed E-state index contributed by atoms with van der Waals surface area (Å²) in [5, 5.41) is 2.84. The molecule has 162 valence electrons. The number of hydrogen-bond acceptors (Lipinski definition) is 5. The summed E-state index contributed by atoms with van der Waals surface area (Å²) in [6.07, 6.45) is 2.79. The Bertz CT molecular complexity index is 967. The molecule has 1 N–H and O–H groups in total. The fourth-order valence-electron chi connectivity index (χ4n) is 3.60. The van der Waals surface area contributed by atoms with Crippen molar-refractivity contribution in [2.24, 2.45) is 0 Å². The average molecular weight is 433 g/mol. The van der Waals surface area contributed by atoms with Crippen LogP contribution in [0.3, 0.4) is 0 Å². The molecule has 1 amide bonds. The number of methoxy groups -OCH3 is 2. The Balaban J connectivity index is 1.68. The third-order valence-electron chi connectivity index (χ3n) is 5.33. The van der Waals surface area contributed by atoms with Gasteiger partial charge >= 0.3 is 0 Å². The summed E-state index contributed by atoms with van der Waals surface area (Å²) in [7, 11) is -0.417. The van der Waals surface area contributed by atoms with E-state index in [1.165, 1.54) is 12.1 Å². The minimum absolute atomic E-state index is 0.00780. The van der Waals surface area contributed by atoms with E-state index in [1.807, 2.05) is 19.1 Å². The highest BCUT2D eigenvalue weighted by atomic mass is 32.2. The normalized spacial score (nSPS) is 17.4. The molecule has 1 atom stereocenters. The fraction of sp³-hybridized carbons (Fsp3) is 0.409. The number of ether oxygens (including phenoxy) is 2. The number of sulfonamides is 1. The van der Waals surface area contributed by atoms with Crippen molar-refractivity contribution in [3.8, 4) is 11.5 Å². The van der Waals surface area contributed by atoms with E-state index in [0.29, 0.717) is 23.6 Å². The Morgan fingerprint density at radius 3 is 2.27 bits per heavy atom. The Labute approximate surface area is 178 Å². The number of carbonyl (C=O) groups is 1. The van der Waals surface area contributed by atoms with E-state index in [4.69, 9.17) is 9.47 Å². The van der Waals surface area contributed by atoms with E-state index >= 15 is 0 Å². The predicted octanol–water partition coefficient (Wildman–Crippen LogP) is 3.20. The maximum Gasteiger partial charge on any atom is 0.251 e. The molecule has 30 heavy (non-hydrogen) atoms. The Kier molecular flexibility index (Phi) is 6.99. The van der Waals surface area contributed by atoms with Crippen molar-refractivity contribution in [2.75, 3.05) is 20.8 Å². The molecule has 0 bridgehead atoms. The summed E-state index contributed by atoms with van der Waals surface area (Å²) >= 11 is 0. The minimum Gasteiger partial charge on any atom is -0.497 e. The molecule has 1 aliphatic rings. The van der Waals surface area contributed by atoms with E-state index in [2.05, 4.69) is 5.32 Å². The SMILES string of the molecule is COc1cc(CNC(=O)c2ccc(S(=O)(=O)N3CCCCC3C)cc2)cc(OC)c1. The lowest BCUT2D eigenvalue weighted by molar-refractivity contribution is 0.0950. The quantitative estimate of drug-likeness (QED) is 0.726. The number of nitrogens with zero attached hydrogens (tertiary/aromatic N) is 1. The van der Waals surface area contributed by atoms with Gasteiger partial charge in [-0.1, -0.05) is 6.42 Å². The molecule has 0 saturated carbocycles. The van der Waals surface area contributed by atoms with E-state index < -0.39 is 10.0 Å². The molecule has 1 heterocycles. The first-order valence-electron chi connectivity index (χ1n) is 9.97. The van der Waals surface area contributed by atoms with Crippen LogP contribution >= 0.6 is 0 Å². The molecule has 8 heteroatoms. The maximum atomic E-state index is 12.9. The molecule has 0 aromatic heterocycles. The van der Waals surface area contributed by atoms with Crippen LogP contribution in [0.4, 0.5) is 0 Å². The molecule has 0 radical (unpaired) electrons. The molecular weight excluding hydrogens is 404 g/mol. The van der Waals surface area contributed by atoms with E-state index in [9.17, 15) is 13.2 Å². The molecule has 0 aliphatic carbocycles. The van der Waals surface area contributed by atoms with Crippen molar-refractivity contribution in [1.82, 2.24) is 9.62 Å². The molecule has 1 fully saturated rings. The van der Waals surface area contributed by atoms with Crippen LogP contribution in [0.15, 0.2) is 47.4 Å². The number of carbonyl (C=O) groups excluding carboxylic acids is 1. The maximum absolute atomic E-state index is 12.9. The van der Waals surface area contributed by atoms with Crippen molar-refractivity contribution in [3.63, 3.8) is 0 Å². The minimum atomic E-state index is -3.55. The van der Waals surface area contributed by atoms with Gasteiger partial charge in [0.1, 0.15) is 11.5 Å². The second kappa shape index (κ2) is 9.49. The van der Waals surface area contributed by atoms with E-state index in [-0.39, 0.29) is 23.4 Å². The lowest BCUT2D eigenvalue weighted by atomic mass is 10.1. The molecular formula is C22H28N2O5S. The Hall–Kier alpha value is -2.58. The van der Waals surface area contributed by atoms with Crippen LogP contribution in [-0.2, 0) is 16.6 Å². The van der Waals surface area contributed by atoms with Crippen molar-refractivity contribution in [1.29, 1.82) is 0 Å². The molecule has 1 aliphatic heterocycles. The smallest absolute Gasteiger partial charge is 0.251 e. The van der Waals surface area contributed by atoms with Gasteiger partial charge in [0.2, 0.25) is 10.0 Å². The van der Waals surface area contributed by atoms with Gasteiger partial charge in [0, 0.05) is 30.8 Å². The number of nitrogens with one attached hydrogen (secondary N) is 1. The van der Waals surface area contributed by atoms with E-state index in [0.717, 1.165) is 24.8 Å². The summed E-state index contributed by atoms with van der Waals surface area (Å²) in [4.78, 5) is 12.7. The average Bonchev–Trinajstić information content (AvgIpc) is 2.77. The van der Waals surface area contributed by atoms with Gasteiger partial charge in [-0.25, -0.2) is 8.42 Å². The molecule has 0 spiro atoms. The molecule has 1 saturated heterocycles. The summed E-state index contributed by atoms with van der Waals surface area (Å²) in [5.74, 6) is 0.993. The zero-order chi connectivity index (χ0) is 21.7. The highest BCUT2D eigenvalue weighted by Crippen LogP contribution is 2.25. The van der Waals surface area contributed by atoms with Gasteiger partial charge in [0.25, 0.3) is 5.91 Å². The lowest BCUT2D eigenvalue weighted by Crippen LogP contribution is -2.41. The van der Waals surface area contributed by atoms with Crippen LogP contribution in [0, 0.1) is 0 Å². The second-order valence-corrected chi connectivity index (χ2v) is 9.28. The van der Waals surface area contributed by atoms with E-state index in [1.54, 1.807) is 36.7 Å². The summed E-state index contributed by atoms with van der Waals surface area (Å²) in [5.41, 5.74) is 1.23. The van der Waals surface area contributed by atoms with Gasteiger partial charge in [-0.05, 0) is 61.7 Å². The Morgan fingerprint density at radius 1 is 1.07 bits per heavy atom. The van der Waals surface area contributed by atoms with Gasteiger partial charge in [-0.15, -0.1) is 0 Å². The summed E-state index contributed by atoms with van der Waals surface area (Å²) in [6.45, 7) is 2.76. The predicted molar refractivity (Wildman–Crippen MR) is 114 cm³/mol. The van der Waals surface area contributed by atoms with Crippen molar-refractivity contribution in [3.05, 3.63) is 53.6 Å². The zero-order valence-electron chi connectivity index (χ0n) is 17.6. The first-order valence-corrected chi connectivity index (χ1v) is 11.4. The zero-order valence-corrected chi connectivity index (χ0v) is 18.4. The van der Waals surface area contributed by atoms with Crippen LogP contribution in [0.25, 0.3) is 0 Å². The van der Waals surface area contributed by atoms with Gasteiger partial charge in [0.05, 0.1) is 19.1 Å². The molecule has 7 nitrogen and oxygen atoms in total. The molecule has 2 aromatic carbocycles. The van der Waals surface area contributed by atoms with Gasteiger partial charge < -0.3 is 14.8 Å². The highest BCUT2D eigenvalue weighted by molar-refractivity contribution is 7.89. The Morgan fingerprint density at radius 2 is 1.70 bits per heavy atom. The number of piperidine rings is 1. The standard InChI is InChI=1S/C22H28N2O5S/c1-16-6-4-5-11-24(16)30(26,27)21-9-7-18(8-10-21)22(25)23-15-17-12-19(28-2)14-20(13-17)29-3/h7-10,12-14,16H,4-6,11,15H2,1-3H3,(H,23,25). The van der Waals surface area contributed by atoms with Gasteiger partial charge in [0.15, 0.2) is 0 Å². The molecule has 3 rings (SSSR count). The first kappa shape index (κ1) is 22.1. The molecule has 1 unspecified atom stereocenters. The lowest BCUT2D eigenvalue weighted by Gasteiger charge is -2.32. The van der Waals surface area contributed by atoms with Crippen molar-refractivity contribution in [2.45, 2.75) is 43.7 Å². The fourth-order valence-corrected chi connectivity index (χ4v) is 5.29. The number of benzene rings is 2. The van der Waals surface area contributed by atoms with Crippen molar-refractivity contribution < 1.29 is 22.7 Å². The number of amides is 1.